The number of fused-ring (bicyclic) bond motifs is 1. The van der Waals surface area contributed by atoms with Gasteiger partial charge in [0, 0.05) is 18.8 Å². The van der Waals surface area contributed by atoms with E-state index in [1.807, 2.05) is 24.4 Å². The first kappa shape index (κ1) is 14.1. The molecule has 23 heavy (non-hydrogen) atoms. The molecule has 0 bridgehead atoms. The second kappa shape index (κ2) is 5.92. The molecule has 118 valence electrons. The van der Waals surface area contributed by atoms with Crippen molar-refractivity contribution in [1.29, 1.82) is 0 Å². The zero-order valence-electron chi connectivity index (χ0n) is 12.5. The van der Waals surface area contributed by atoms with Gasteiger partial charge in [0.15, 0.2) is 17.5 Å². The Labute approximate surface area is 132 Å². The molecule has 3 aromatic heterocycles. The lowest BCUT2D eigenvalue weighted by molar-refractivity contribution is 0.476. The molecule has 1 fully saturated rings. The lowest BCUT2D eigenvalue weighted by Gasteiger charge is -2.24. The summed E-state index contributed by atoms with van der Waals surface area (Å²) in [5, 5.41) is 10.8. The summed E-state index contributed by atoms with van der Waals surface area (Å²) in [6.45, 7) is 1.83. The number of hydrogen-bond acceptors (Lipinski definition) is 5. The van der Waals surface area contributed by atoms with Crippen LogP contribution in [0.2, 0.25) is 0 Å². The maximum Gasteiger partial charge on any atom is 0.183 e. The van der Waals surface area contributed by atoms with Crippen molar-refractivity contribution in [3.05, 3.63) is 42.6 Å². The monoisotopic (exact) mass is 312 g/mol. The van der Waals surface area contributed by atoms with Crippen LogP contribution in [0.25, 0.3) is 16.9 Å². The van der Waals surface area contributed by atoms with Crippen LogP contribution in [0, 0.1) is 5.82 Å². The van der Waals surface area contributed by atoms with Crippen LogP contribution >= 0.6 is 0 Å². The highest BCUT2D eigenvalue weighted by Crippen LogP contribution is 2.23. The number of anilines is 1. The van der Waals surface area contributed by atoms with E-state index >= 15 is 0 Å². The molecule has 0 aromatic carbocycles. The van der Waals surface area contributed by atoms with Crippen molar-refractivity contribution in [2.24, 2.45) is 0 Å². The average molecular weight is 312 g/mol. The molecule has 1 aliphatic heterocycles. The number of rotatable bonds is 3. The molecular formula is C16H17FN6. The fourth-order valence-electron chi connectivity index (χ4n) is 2.87. The van der Waals surface area contributed by atoms with Gasteiger partial charge in [-0.25, -0.2) is 18.9 Å². The van der Waals surface area contributed by atoms with Crippen LogP contribution < -0.4 is 10.6 Å². The molecule has 1 aliphatic rings. The number of halogens is 1. The van der Waals surface area contributed by atoms with Gasteiger partial charge in [0.1, 0.15) is 0 Å². The van der Waals surface area contributed by atoms with Gasteiger partial charge >= 0.3 is 0 Å². The molecule has 6 nitrogen and oxygen atoms in total. The van der Waals surface area contributed by atoms with E-state index in [9.17, 15) is 4.39 Å². The highest BCUT2D eigenvalue weighted by Gasteiger charge is 2.17. The number of piperidine rings is 1. The lowest BCUT2D eigenvalue weighted by atomic mass is 10.1. The quantitative estimate of drug-likeness (QED) is 0.775. The van der Waals surface area contributed by atoms with Crippen LogP contribution in [0.1, 0.15) is 12.8 Å². The Kier molecular flexibility index (Phi) is 3.63. The molecule has 0 amide bonds. The fourth-order valence-corrected chi connectivity index (χ4v) is 2.87. The Balaban J connectivity index is 1.68. The van der Waals surface area contributed by atoms with Crippen molar-refractivity contribution >= 4 is 11.3 Å². The van der Waals surface area contributed by atoms with E-state index in [0.29, 0.717) is 5.82 Å². The minimum atomic E-state index is -0.434. The van der Waals surface area contributed by atoms with Gasteiger partial charge in [0.25, 0.3) is 0 Å². The molecule has 0 spiro atoms. The van der Waals surface area contributed by atoms with Gasteiger partial charge < -0.3 is 10.6 Å². The standard InChI is InChI=1S/C16H17FN6/c17-13-10-19-15(12-9-20-23-7-2-1-5-14(12)23)22-16(13)21-11-4-3-6-18-8-11/h1-2,5,7,9-11,18H,3-4,6,8H2,(H,19,21,22)/t11-/m1/s1. The summed E-state index contributed by atoms with van der Waals surface area (Å²) >= 11 is 0. The molecule has 4 heterocycles. The highest BCUT2D eigenvalue weighted by atomic mass is 19.1. The molecule has 1 saturated heterocycles. The first-order chi connectivity index (χ1) is 11.3. The molecule has 3 aromatic rings. The number of pyridine rings is 1. The van der Waals surface area contributed by atoms with Crippen molar-refractivity contribution in [3.8, 4) is 11.4 Å². The molecule has 0 radical (unpaired) electrons. The third-order valence-corrected chi connectivity index (χ3v) is 4.05. The third kappa shape index (κ3) is 2.75. The topological polar surface area (TPSA) is 67.1 Å². The Morgan fingerprint density at radius 3 is 3.13 bits per heavy atom. The van der Waals surface area contributed by atoms with Crippen molar-refractivity contribution in [2.75, 3.05) is 18.4 Å². The van der Waals surface area contributed by atoms with Crippen molar-refractivity contribution < 1.29 is 4.39 Å². The number of nitrogens with zero attached hydrogens (tertiary/aromatic N) is 4. The SMILES string of the molecule is Fc1cnc(-c2cnn3ccccc23)nc1N[C@@H]1CCCNC1. The Hall–Kier alpha value is -2.54. The van der Waals surface area contributed by atoms with E-state index in [1.165, 1.54) is 6.20 Å². The molecule has 0 saturated carbocycles. The first-order valence-corrected chi connectivity index (χ1v) is 7.74. The van der Waals surface area contributed by atoms with Gasteiger partial charge in [-0.05, 0) is 31.5 Å². The summed E-state index contributed by atoms with van der Waals surface area (Å²) in [5.74, 6) is 0.286. The van der Waals surface area contributed by atoms with Crippen LogP contribution in [-0.4, -0.2) is 38.7 Å². The summed E-state index contributed by atoms with van der Waals surface area (Å²) < 4.78 is 15.8. The summed E-state index contributed by atoms with van der Waals surface area (Å²) in [6, 6.07) is 5.95. The van der Waals surface area contributed by atoms with Gasteiger partial charge in [-0.3, -0.25) is 0 Å². The second-order valence-corrected chi connectivity index (χ2v) is 5.67. The fraction of sp³-hybridized carbons (Fsp3) is 0.312. The van der Waals surface area contributed by atoms with Crippen LogP contribution in [0.15, 0.2) is 36.8 Å². The minimum Gasteiger partial charge on any atom is -0.364 e. The van der Waals surface area contributed by atoms with Gasteiger partial charge in [0.2, 0.25) is 0 Å². The van der Waals surface area contributed by atoms with Gasteiger partial charge in [-0.1, -0.05) is 6.07 Å². The molecule has 0 unspecified atom stereocenters. The predicted molar refractivity (Wildman–Crippen MR) is 85.7 cm³/mol. The second-order valence-electron chi connectivity index (χ2n) is 5.67. The normalized spacial score (nSPS) is 18.2. The molecule has 2 N–H and O–H groups in total. The summed E-state index contributed by atoms with van der Waals surface area (Å²) in [5.41, 5.74) is 1.68. The van der Waals surface area contributed by atoms with E-state index in [2.05, 4.69) is 25.7 Å². The number of hydrogen-bond donors (Lipinski definition) is 2. The maximum atomic E-state index is 14.1. The van der Waals surface area contributed by atoms with E-state index in [-0.39, 0.29) is 11.9 Å². The summed E-state index contributed by atoms with van der Waals surface area (Å²) in [7, 11) is 0. The molecular weight excluding hydrogens is 295 g/mol. The predicted octanol–water partition coefficient (Wildman–Crippen LogP) is 2.09. The average Bonchev–Trinajstić information content (AvgIpc) is 3.02. The van der Waals surface area contributed by atoms with E-state index in [4.69, 9.17) is 0 Å². The van der Waals surface area contributed by atoms with Gasteiger partial charge in [0.05, 0.1) is 23.5 Å². The van der Waals surface area contributed by atoms with Gasteiger partial charge in [-0.15, -0.1) is 0 Å². The summed E-state index contributed by atoms with van der Waals surface area (Å²) in [4.78, 5) is 8.51. The van der Waals surface area contributed by atoms with Crippen LogP contribution in [0.3, 0.4) is 0 Å². The maximum absolute atomic E-state index is 14.1. The molecule has 1 atom stereocenters. The number of aromatic nitrogens is 4. The first-order valence-electron chi connectivity index (χ1n) is 7.74. The summed E-state index contributed by atoms with van der Waals surface area (Å²) in [6.07, 6.45) is 6.85. The molecule has 0 aliphatic carbocycles. The lowest BCUT2D eigenvalue weighted by Crippen LogP contribution is -2.38. The Morgan fingerprint density at radius 2 is 2.26 bits per heavy atom. The highest BCUT2D eigenvalue weighted by molar-refractivity contribution is 5.75. The Bertz CT molecular complexity index is 824. The van der Waals surface area contributed by atoms with Crippen LogP contribution in [-0.2, 0) is 0 Å². The van der Waals surface area contributed by atoms with Crippen LogP contribution in [0.4, 0.5) is 10.2 Å². The van der Waals surface area contributed by atoms with Crippen molar-refractivity contribution in [1.82, 2.24) is 24.9 Å². The third-order valence-electron chi connectivity index (χ3n) is 4.05. The largest absolute Gasteiger partial charge is 0.364 e. The smallest absolute Gasteiger partial charge is 0.183 e. The number of nitrogens with one attached hydrogen (secondary N) is 2. The van der Waals surface area contributed by atoms with Crippen molar-refractivity contribution in [2.45, 2.75) is 18.9 Å². The van der Waals surface area contributed by atoms with Crippen molar-refractivity contribution in [3.63, 3.8) is 0 Å². The van der Waals surface area contributed by atoms with E-state index in [1.54, 1.807) is 10.7 Å². The van der Waals surface area contributed by atoms with E-state index < -0.39 is 5.82 Å². The Morgan fingerprint density at radius 1 is 1.30 bits per heavy atom. The van der Waals surface area contributed by atoms with Crippen LogP contribution in [0.5, 0.6) is 0 Å². The van der Waals surface area contributed by atoms with Gasteiger partial charge in [-0.2, -0.15) is 5.10 Å². The molecule has 7 heteroatoms. The minimum absolute atomic E-state index is 0.185. The zero-order valence-corrected chi connectivity index (χ0v) is 12.5. The molecule has 4 rings (SSSR count). The zero-order chi connectivity index (χ0) is 15.6. The van der Waals surface area contributed by atoms with E-state index in [0.717, 1.165) is 37.0 Å².